The average molecular weight is 306 g/mol. The first-order valence-corrected chi connectivity index (χ1v) is 7.72. The van der Waals surface area contributed by atoms with Crippen molar-refractivity contribution in [3.05, 3.63) is 35.4 Å². The fourth-order valence-corrected chi connectivity index (χ4v) is 1.89. The second-order valence-corrected chi connectivity index (χ2v) is 5.87. The number of rotatable bonds is 7. The highest BCUT2D eigenvalue weighted by Crippen LogP contribution is 2.08. The van der Waals surface area contributed by atoms with Crippen molar-refractivity contribution >= 4 is 11.8 Å². The summed E-state index contributed by atoms with van der Waals surface area (Å²) in [4.78, 5) is 23.8. The Labute approximate surface area is 132 Å². The van der Waals surface area contributed by atoms with Crippen molar-refractivity contribution in [1.82, 2.24) is 10.6 Å². The van der Waals surface area contributed by atoms with Crippen molar-refractivity contribution in [2.75, 3.05) is 6.54 Å². The van der Waals surface area contributed by atoms with Crippen LogP contribution >= 0.6 is 0 Å². The Kier molecular flexibility index (Phi) is 7.05. The van der Waals surface area contributed by atoms with E-state index in [2.05, 4.69) is 10.6 Å². The van der Waals surface area contributed by atoms with E-state index < -0.39 is 6.10 Å². The van der Waals surface area contributed by atoms with Crippen LogP contribution in [0.3, 0.4) is 0 Å². The Morgan fingerprint density at radius 2 is 1.55 bits per heavy atom. The molecule has 1 rings (SSSR count). The first-order chi connectivity index (χ1) is 10.3. The van der Waals surface area contributed by atoms with Crippen molar-refractivity contribution in [2.45, 2.75) is 46.3 Å². The number of carbonyl (C=O) groups excluding carboxylic acids is 2. The molecule has 2 unspecified atom stereocenters. The summed E-state index contributed by atoms with van der Waals surface area (Å²) in [6.45, 7) is 7.95. The van der Waals surface area contributed by atoms with Crippen LogP contribution in [-0.4, -0.2) is 35.6 Å². The fourth-order valence-electron chi connectivity index (χ4n) is 1.89. The molecule has 5 nitrogen and oxygen atoms in total. The smallest absolute Gasteiger partial charge is 0.251 e. The molecule has 0 aliphatic heterocycles. The minimum atomic E-state index is -0.551. The maximum atomic E-state index is 12.0. The van der Waals surface area contributed by atoms with Crippen molar-refractivity contribution in [2.24, 2.45) is 5.92 Å². The highest BCUT2D eigenvalue weighted by atomic mass is 16.3. The van der Waals surface area contributed by atoms with Gasteiger partial charge in [-0.15, -0.1) is 0 Å². The second kappa shape index (κ2) is 8.54. The minimum Gasteiger partial charge on any atom is -0.391 e. The quantitative estimate of drug-likeness (QED) is 0.720. The summed E-state index contributed by atoms with van der Waals surface area (Å²) >= 11 is 0. The molecule has 22 heavy (non-hydrogen) atoms. The number of carbonyl (C=O) groups is 2. The topological polar surface area (TPSA) is 78.4 Å². The molecule has 3 N–H and O–H groups in total. The van der Waals surface area contributed by atoms with Gasteiger partial charge in [-0.05, 0) is 44.0 Å². The molecule has 0 aromatic heterocycles. The van der Waals surface area contributed by atoms with Crippen LogP contribution in [0, 0.1) is 5.92 Å². The van der Waals surface area contributed by atoms with Crippen LogP contribution < -0.4 is 10.6 Å². The fraction of sp³-hybridized carbons (Fsp3) is 0.529. The first-order valence-electron chi connectivity index (χ1n) is 7.72. The van der Waals surface area contributed by atoms with Crippen molar-refractivity contribution < 1.29 is 14.7 Å². The zero-order chi connectivity index (χ0) is 16.7. The normalized spacial score (nSPS) is 13.5. The van der Waals surface area contributed by atoms with Gasteiger partial charge in [0.25, 0.3) is 11.8 Å². The Morgan fingerprint density at radius 3 is 2.00 bits per heavy atom. The van der Waals surface area contributed by atoms with Crippen molar-refractivity contribution in [1.29, 1.82) is 0 Å². The minimum absolute atomic E-state index is 0.0671. The van der Waals surface area contributed by atoms with Crippen molar-refractivity contribution in [3.8, 4) is 0 Å². The predicted octanol–water partition coefficient (Wildman–Crippen LogP) is 1.96. The van der Waals surface area contributed by atoms with Gasteiger partial charge in [-0.3, -0.25) is 9.59 Å². The number of aliphatic hydroxyl groups excluding tert-OH is 1. The van der Waals surface area contributed by atoms with Crippen molar-refractivity contribution in [3.63, 3.8) is 0 Å². The zero-order valence-electron chi connectivity index (χ0n) is 13.7. The lowest BCUT2D eigenvalue weighted by atomic mass is 10.0. The molecule has 0 heterocycles. The van der Waals surface area contributed by atoms with Gasteiger partial charge < -0.3 is 15.7 Å². The molecular formula is C17H26N2O3. The van der Waals surface area contributed by atoms with Gasteiger partial charge in [-0.1, -0.05) is 20.3 Å². The maximum Gasteiger partial charge on any atom is 0.251 e. The third-order valence-corrected chi connectivity index (χ3v) is 3.60. The molecule has 2 atom stereocenters. The Hall–Kier alpha value is -1.88. The first kappa shape index (κ1) is 18.2. The standard InChI is InChI=1S/C17H26N2O3/c1-5-12(4)15(20)10-18-16(21)13-6-8-14(9-7-13)17(22)19-11(2)3/h6-9,11-12,15,20H,5,10H2,1-4H3,(H,18,21)(H,19,22). The number of amides is 2. The number of benzene rings is 1. The van der Waals surface area contributed by atoms with E-state index in [9.17, 15) is 14.7 Å². The lowest BCUT2D eigenvalue weighted by Crippen LogP contribution is -2.35. The van der Waals surface area contributed by atoms with Crippen LogP contribution in [0.5, 0.6) is 0 Å². The van der Waals surface area contributed by atoms with E-state index in [1.54, 1.807) is 24.3 Å². The van der Waals surface area contributed by atoms with E-state index in [1.807, 2.05) is 27.7 Å². The van der Waals surface area contributed by atoms with E-state index in [0.717, 1.165) is 6.42 Å². The highest BCUT2D eigenvalue weighted by Gasteiger charge is 2.14. The summed E-state index contributed by atoms with van der Waals surface area (Å²) in [5, 5.41) is 15.3. The third kappa shape index (κ3) is 5.48. The molecule has 2 amide bonds. The summed E-state index contributed by atoms with van der Waals surface area (Å²) in [5.74, 6) is -0.269. The predicted molar refractivity (Wildman–Crippen MR) is 86.8 cm³/mol. The number of nitrogens with one attached hydrogen (secondary N) is 2. The molecule has 0 spiro atoms. The van der Waals surface area contributed by atoms with E-state index in [1.165, 1.54) is 0 Å². The molecule has 0 radical (unpaired) electrons. The monoisotopic (exact) mass is 306 g/mol. The summed E-state index contributed by atoms with van der Waals surface area (Å²) in [5.41, 5.74) is 0.988. The Balaban J connectivity index is 2.59. The highest BCUT2D eigenvalue weighted by molar-refractivity contribution is 5.97. The van der Waals surface area contributed by atoms with Crippen LogP contribution in [0.25, 0.3) is 0 Å². The summed E-state index contributed by atoms with van der Waals surface area (Å²) in [7, 11) is 0. The third-order valence-electron chi connectivity index (χ3n) is 3.60. The van der Waals surface area contributed by atoms with Gasteiger partial charge in [-0.2, -0.15) is 0 Å². The SMILES string of the molecule is CCC(C)C(O)CNC(=O)c1ccc(C(=O)NC(C)C)cc1. The lowest BCUT2D eigenvalue weighted by molar-refractivity contribution is 0.0849. The Bertz CT molecular complexity index is 497. The van der Waals surface area contributed by atoms with E-state index in [4.69, 9.17) is 0 Å². The Morgan fingerprint density at radius 1 is 1.05 bits per heavy atom. The molecule has 1 aromatic carbocycles. The summed E-state index contributed by atoms with van der Waals surface area (Å²) in [6.07, 6.45) is 0.307. The van der Waals surface area contributed by atoms with Gasteiger partial charge in [0.2, 0.25) is 0 Å². The molecule has 0 saturated carbocycles. The van der Waals surface area contributed by atoms with Gasteiger partial charge in [-0.25, -0.2) is 0 Å². The van der Waals surface area contributed by atoms with Crippen LogP contribution in [0.2, 0.25) is 0 Å². The number of aliphatic hydroxyl groups is 1. The second-order valence-electron chi connectivity index (χ2n) is 5.87. The molecule has 0 saturated heterocycles. The van der Waals surface area contributed by atoms with Gasteiger partial charge in [0, 0.05) is 23.7 Å². The maximum absolute atomic E-state index is 12.0. The van der Waals surface area contributed by atoms with Crippen LogP contribution in [0.4, 0.5) is 0 Å². The van der Waals surface area contributed by atoms with E-state index >= 15 is 0 Å². The molecule has 0 aliphatic carbocycles. The van der Waals surface area contributed by atoms with E-state index in [0.29, 0.717) is 11.1 Å². The molecule has 0 fully saturated rings. The zero-order valence-corrected chi connectivity index (χ0v) is 13.7. The van der Waals surface area contributed by atoms with Gasteiger partial charge in [0.15, 0.2) is 0 Å². The number of hydrogen-bond acceptors (Lipinski definition) is 3. The molecule has 5 heteroatoms. The van der Waals surface area contributed by atoms with Crippen LogP contribution in [0.1, 0.15) is 54.8 Å². The summed E-state index contributed by atoms with van der Waals surface area (Å²) in [6, 6.07) is 6.54. The summed E-state index contributed by atoms with van der Waals surface area (Å²) < 4.78 is 0. The van der Waals surface area contributed by atoms with E-state index in [-0.39, 0.29) is 30.3 Å². The molecule has 0 bridgehead atoms. The van der Waals surface area contributed by atoms with Crippen LogP contribution in [0.15, 0.2) is 24.3 Å². The van der Waals surface area contributed by atoms with Crippen LogP contribution in [-0.2, 0) is 0 Å². The molecular weight excluding hydrogens is 280 g/mol. The molecule has 1 aromatic rings. The lowest BCUT2D eigenvalue weighted by Gasteiger charge is -2.17. The van der Waals surface area contributed by atoms with Gasteiger partial charge >= 0.3 is 0 Å². The molecule has 122 valence electrons. The largest absolute Gasteiger partial charge is 0.391 e. The van der Waals surface area contributed by atoms with Gasteiger partial charge in [0.1, 0.15) is 0 Å². The molecule has 0 aliphatic rings. The number of hydrogen-bond donors (Lipinski definition) is 3. The average Bonchev–Trinajstić information content (AvgIpc) is 2.50. The van der Waals surface area contributed by atoms with Gasteiger partial charge in [0.05, 0.1) is 6.10 Å².